The Balaban J connectivity index is 0.00000280. The van der Waals surface area contributed by atoms with Crippen molar-refractivity contribution in [2.45, 2.75) is 29.4 Å². The molecule has 0 bridgehead atoms. The topological polar surface area (TPSA) is 38.8 Å². The maximum absolute atomic E-state index is 13.0. The predicted octanol–water partition coefficient (Wildman–Crippen LogP) is 4.08. The number of ether oxygens (including phenoxy) is 2. The fraction of sp³-hybridized carbons (Fsp3) is 0.429. The van der Waals surface area contributed by atoms with Crippen LogP contribution in [0.5, 0.6) is 11.5 Å². The second kappa shape index (κ2) is 10.8. The Labute approximate surface area is 174 Å². The minimum absolute atomic E-state index is 0. The Hall–Kier alpha value is -1.63. The predicted molar refractivity (Wildman–Crippen MR) is 113 cm³/mol. The number of halogens is 2. The molecule has 154 valence electrons. The molecule has 1 fully saturated rings. The monoisotopic (exact) mass is 427 g/mol. The number of likely N-dealkylation sites (tertiary alicyclic amines) is 1. The zero-order valence-corrected chi connectivity index (χ0v) is 17.9. The van der Waals surface area contributed by atoms with E-state index in [-0.39, 0.29) is 23.5 Å². The lowest BCUT2D eigenvalue weighted by Crippen LogP contribution is -2.38. The van der Waals surface area contributed by atoms with Crippen LogP contribution in [-0.2, 0) is 17.2 Å². The van der Waals surface area contributed by atoms with E-state index >= 15 is 0 Å². The number of methoxy groups -OCH3 is 2. The Morgan fingerprint density at radius 3 is 2.36 bits per heavy atom. The van der Waals surface area contributed by atoms with Gasteiger partial charge < -0.3 is 14.4 Å². The van der Waals surface area contributed by atoms with Crippen molar-refractivity contribution in [1.29, 1.82) is 0 Å². The second-order valence-electron chi connectivity index (χ2n) is 6.73. The summed E-state index contributed by atoms with van der Waals surface area (Å²) in [6, 6.07) is 12.1. The first-order valence-electron chi connectivity index (χ1n) is 9.20. The van der Waals surface area contributed by atoms with Gasteiger partial charge in [0.2, 0.25) is 0 Å². The third kappa shape index (κ3) is 5.69. The van der Waals surface area contributed by atoms with E-state index in [1.165, 1.54) is 12.1 Å². The van der Waals surface area contributed by atoms with Gasteiger partial charge in [0.1, 0.15) is 17.3 Å². The number of nitrogens with zero attached hydrogens (tertiary/aromatic N) is 1. The fourth-order valence-electron chi connectivity index (χ4n) is 3.41. The molecule has 1 unspecified atom stereocenters. The fourth-order valence-corrected chi connectivity index (χ4v) is 4.95. The molecule has 1 aliphatic heterocycles. The number of rotatable bonds is 7. The molecule has 2 aromatic rings. The average Bonchev–Trinajstić information content (AvgIpc) is 2.72. The van der Waals surface area contributed by atoms with Crippen LogP contribution in [-0.4, -0.2) is 48.2 Å². The van der Waals surface area contributed by atoms with Gasteiger partial charge in [-0.3, -0.25) is 4.21 Å². The van der Waals surface area contributed by atoms with Crippen LogP contribution >= 0.6 is 12.4 Å². The van der Waals surface area contributed by atoms with Crippen LogP contribution in [0.15, 0.2) is 47.4 Å². The second-order valence-corrected chi connectivity index (χ2v) is 8.43. The Morgan fingerprint density at radius 2 is 1.75 bits per heavy atom. The highest BCUT2D eigenvalue weighted by Gasteiger charge is 2.26. The minimum atomic E-state index is -1.10. The number of hydrogen-bond acceptors (Lipinski definition) is 4. The van der Waals surface area contributed by atoms with E-state index in [0.29, 0.717) is 11.5 Å². The summed E-state index contributed by atoms with van der Waals surface area (Å²) in [5.41, 5.74) is 1.14. The lowest BCUT2D eigenvalue weighted by atomic mass is 10.1. The largest absolute Gasteiger partial charge is 0.497 e. The minimum Gasteiger partial charge on any atom is -0.497 e. The van der Waals surface area contributed by atoms with Gasteiger partial charge >= 0.3 is 0 Å². The van der Waals surface area contributed by atoms with Crippen molar-refractivity contribution in [3.63, 3.8) is 0 Å². The summed E-state index contributed by atoms with van der Waals surface area (Å²) in [7, 11) is 2.10. The zero-order chi connectivity index (χ0) is 19.2. The molecule has 0 spiro atoms. The van der Waals surface area contributed by atoms with Crippen LogP contribution < -0.4 is 9.47 Å². The van der Waals surface area contributed by atoms with E-state index in [9.17, 15) is 8.60 Å². The summed E-state index contributed by atoms with van der Waals surface area (Å²) >= 11 is 0. The Morgan fingerprint density at radius 1 is 1.07 bits per heavy atom. The van der Waals surface area contributed by atoms with E-state index in [2.05, 4.69) is 4.90 Å². The molecular formula is C21H27ClFNO3S. The van der Waals surface area contributed by atoms with Crippen LogP contribution in [0.2, 0.25) is 0 Å². The van der Waals surface area contributed by atoms with Gasteiger partial charge in [-0.15, -0.1) is 12.4 Å². The van der Waals surface area contributed by atoms with Gasteiger partial charge in [0.25, 0.3) is 0 Å². The molecule has 7 heteroatoms. The highest BCUT2D eigenvalue weighted by atomic mass is 35.5. The van der Waals surface area contributed by atoms with Crippen LogP contribution in [0, 0.1) is 5.82 Å². The summed E-state index contributed by atoms with van der Waals surface area (Å²) < 4.78 is 36.6. The van der Waals surface area contributed by atoms with E-state index in [1.54, 1.807) is 20.3 Å². The number of piperidine rings is 1. The van der Waals surface area contributed by atoms with Crippen molar-refractivity contribution in [1.82, 2.24) is 4.90 Å². The smallest absolute Gasteiger partial charge is 0.138 e. The first-order chi connectivity index (χ1) is 13.1. The van der Waals surface area contributed by atoms with Gasteiger partial charge in [0, 0.05) is 17.9 Å². The maximum Gasteiger partial charge on any atom is 0.138 e. The Kier molecular flexibility index (Phi) is 8.73. The molecule has 28 heavy (non-hydrogen) atoms. The van der Waals surface area contributed by atoms with Crippen LogP contribution in [0.3, 0.4) is 0 Å². The third-order valence-electron chi connectivity index (χ3n) is 5.05. The molecule has 0 saturated carbocycles. The molecule has 2 aromatic carbocycles. The summed E-state index contributed by atoms with van der Waals surface area (Å²) in [4.78, 5) is 3.13. The normalized spacial score (nSPS) is 16.2. The van der Waals surface area contributed by atoms with Gasteiger partial charge in [-0.2, -0.15) is 0 Å². The quantitative estimate of drug-likeness (QED) is 0.667. The average molecular weight is 428 g/mol. The molecule has 1 aliphatic rings. The van der Waals surface area contributed by atoms with Crippen molar-refractivity contribution in [2.24, 2.45) is 0 Å². The van der Waals surface area contributed by atoms with Gasteiger partial charge in [-0.25, -0.2) is 4.39 Å². The van der Waals surface area contributed by atoms with Crippen LogP contribution in [0.25, 0.3) is 0 Å². The summed E-state index contributed by atoms with van der Waals surface area (Å²) in [5.74, 6) is 1.12. The van der Waals surface area contributed by atoms with Gasteiger partial charge in [-0.1, -0.05) is 12.1 Å². The molecule has 1 heterocycles. The summed E-state index contributed by atoms with van der Waals surface area (Å²) in [6.45, 7) is 2.79. The van der Waals surface area contributed by atoms with E-state index in [0.717, 1.165) is 49.4 Å². The lowest BCUT2D eigenvalue weighted by molar-refractivity contribution is 0.234. The van der Waals surface area contributed by atoms with E-state index < -0.39 is 10.8 Å². The molecule has 4 nitrogen and oxygen atoms in total. The van der Waals surface area contributed by atoms with Crippen molar-refractivity contribution < 1.29 is 18.1 Å². The summed E-state index contributed by atoms with van der Waals surface area (Å²) in [6.07, 6.45) is 2.69. The first kappa shape index (κ1) is 22.7. The van der Waals surface area contributed by atoms with Gasteiger partial charge in [0.15, 0.2) is 0 Å². The Bertz CT molecular complexity index is 780. The first-order valence-corrected chi connectivity index (χ1v) is 10.4. The molecule has 0 radical (unpaired) electrons. The zero-order valence-electron chi connectivity index (χ0n) is 16.2. The van der Waals surface area contributed by atoms with E-state index in [4.69, 9.17) is 9.47 Å². The van der Waals surface area contributed by atoms with Crippen LogP contribution in [0.4, 0.5) is 4.39 Å². The molecule has 0 amide bonds. The number of hydrogen-bond donors (Lipinski definition) is 0. The molecule has 0 aromatic heterocycles. The highest BCUT2D eigenvalue weighted by Crippen LogP contribution is 2.31. The highest BCUT2D eigenvalue weighted by molar-refractivity contribution is 7.85. The van der Waals surface area contributed by atoms with Gasteiger partial charge in [0.05, 0.1) is 29.9 Å². The summed E-state index contributed by atoms with van der Waals surface area (Å²) in [5, 5.41) is 0.134. The SMILES string of the molecule is COc1ccc(S(=O)C2CCN(CCc3ccc(F)cc3)CC2)c(OC)c1.Cl. The molecule has 0 N–H and O–H groups in total. The van der Waals surface area contributed by atoms with Crippen LogP contribution in [0.1, 0.15) is 18.4 Å². The van der Waals surface area contributed by atoms with E-state index in [1.807, 2.05) is 24.3 Å². The lowest BCUT2D eigenvalue weighted by Gasteiger charge is -2.31. The van der Waals surface area contributed by atoms with Crippen molar-refractivity contribution in [3.05, 3.63) is 53.8 Å². The molecule has 1 atom stereocenters. The molecular weight excluding hydrogens is 401 g/mol. The van der Waals surface area contributed by atoms with Crippen molar-refractivity contribution >= 4 is 23.2 Å². The molecule has 0 aliphatic carbocycles. The molecule has 1 saturated heterocycles. The van der Waals surface area contributed by atoms with Crippen molar-refractivity contribution in [3.8, 4) is 11.5 Å². The maximum atomic E-state index is 13.0. The van der Waals surface area contributed by atoms with Gasteiger partial charge in [-0.05, 0) is 62.2 Å². The number of benzene rings is 2. The van der Waals surface area contributed by atoms with Crippen molar-refractivity contribution in [2.75, 3.05) is 33.9 Å². The standard InChI is InChI=1S/C21H26FNO3S.ClH/c1-25-18-7-8-21(20(15-18)26-2)27(24)19-10-13-23(14-11-19)12-9-16-3-5-17(22)6-4-16;/h3-8,15,19H,9-14H2,1-2H3;1H. The molecule has 3 rings (SSSR count). The third-order valence-corrected chi connectivity index (χ3v) is 6.90.